The van der Waals surface area contributed by atoms with Crippen LogP contribution in [0.25, 0.3) is 0 Å². The van der Waals surface area contributed by atoms with Gasteiger partial charge in [-0.25, -0.2) is 4.79 Å². The summed E-state index contributed by atoms with van der Waals surface area (Å²) in [7, 11) is 0. The SMILES string of the molecule is CC(C)(C)OC(=O)N1CCN(Cc2cc(Cl)cc(Br)c2)C2(CC2)C1. The maximum Gasteiger partial charge on any atom is 0.410 e. The lowest BCUT2D eigenvalue weighted by Gasteiger charge is -2.42. The number of ether oxygens (including phenoxy) is 1. The molecule has 0 atom stereocenters. The molecule has 1 aliphatic carbocycles. The number of hydrogen-bond acceptors (Lipinski definition) is 3. The third-order valence-corrected chi connectivity index (χ3v) is 5.25. The van der Waals surface area contributed by atoms with E-state index in [1.807, 2.05) is 37.8 Å². The highest BCUT2D eigenvalue weighted by Crippen LogP contribution is 2.45. The number of carbonyl (C=O) groups excluding carboxylic acids is 1. The van der Waals surface area contributed by atoms with E-state index in [-0.39, 0.29) is 11.6 Å². The van der Waals surface area contributed by atoms with Gasteiger partial charge in [0, 0.05) is 41.2 Å². The number of hydrogen-bond donors (Lipinski definition) is 0. The fourth-order valence-electron chi connectivity index (χ4n) is 3.28. The van der Waals surface area contributed by atoms with E-state index in [9.17, 15) is 4.79 Å². The number of rotatable bonds is 2. The molecule has 0 aromatic heterocycles. The van der Waals surface area contributed by atoms with Crippen molar-refractivity contribution >= 4 is 33.6 Å². The molecule has 0 bridgehead atoms. The molecule has 24 heavy (non-hydrogen) atoms. The van der Waals surface area contributed by atoms with Gasteiger partial charge in [-0.2, -0.15) is 0 Å². The number of benzene rings is 1. The van der Waals surface area contributed by atoms with E-state index in [0.717, 1.165) is 42.0 Å². The molecular formula is C18H24BrClN2O2. The minimum atomic E-state index is -0.446. The second-order valence-electron chi connectivity index (χ2n) is 7.83. The second-order valence-corrected chi connectivity index (χ2v) is 9.18. The van der Waals surface area contributed by atoms with Crippen LogP contribution in [0, 0.1) is 0 Å². The van der Waals surface area contributed by atoms with Crippen LogP contribution in [0.5, 0.6) is 0 Å². The van der Waals surface area contributed by atoms with Crippen LogP contribution in [-0.4, -0.2) is 46.7 Å². The molecule has 3 rings (SSSR count). The van der Waals surface area contributed by atoms with Gasteiger partial charge in [0.25, 0.3) is 0 Å². The molecule has 2 aliphatic rings. The number of piperazine rings is 1. The molecule has 132 valence electrons. The predicted octanol–water partition coefficient (Wildman–Crippen LogP) is 4.69. The largest absolute Gasteiger partial charge is 0.444 e. The minimum Gasteiger partial charge on any atom is -0.444 e. The summed E-state index contributed by atoms with van der Waals surface area (Å²) in [6.45, 7) is 8.91. The van der Waals surface area contributed by atoms with Gasteiger partial charge in [-0.15, -0.1) is 0 Å². The van der Waals surface area contributed by atoms with E-state index in [4.69, 9.17) is 16.3 Å². The first kappa shape index (κ1) is 18.0. The van der Waals surface area contributed by atoms with E-state index in [1.54, 1.807) is 0 Å². The molecule has 2 fully saturated rings. The summed E-state index contributed by atoms with van der Waals surface area (Å²) in [4.78, 5) is 16.7. The van der Waals surface area contributed by atoms with Crippen LogP contribution < -0.4 is 0 Å². The van der Waals surface area contributed by atoms with Crippen LogP contribution in [0.4, 0.5) is 4.79 Å². The van der Waals surface area contributed by atoms with Crippen LogP contribution in [0.1, 0.15) is 39.2 Å². The first-order valence-electron chi connectivity index (χ1n) is 8.35. The Morgan fingerprint density at radius 2 is 2.00 bits per heavy atom. The molecule has 1 saturated heterocycles. The van der Waals surface area contributed by atoms with Gasteiger partial charge in [0.1, 0.15) is 5.60 Å². The monoisotopic (exact) mass is 414 g/mol. The normalized spacial score (nSPS) is 20.3. The van der Waals surface area contributed by atoms with Gasteiger partial charge in [0.2, 0.25) is 0 Å². The highest BCUT2D eigenvalue weighted by atomic mass is 79.9. The predicted molar refractivity (Wildman–Crippen MR) is 99.3 cm³/mol. The third-order valence-electron chi connectivity index (χ3n) is 4.57. The highest BCUT2D eigenvalue weighted by molar-refractivity contribution is 9.10. The van der Waals surface area contributed by atoms with Crippen molar-refractivity contribution in [2.24, 2.45) is 0 Å². The van der Waals surface area contributed by atoms with Crippen LogP contribution in [0.3, 0.4) is 0 Å². The van der Waals surface area contributed by atoms with Crippen molar-refractivity contribution in [3.63, 3.8) is 0 Å². The molecule has 1 spiro atoms. The third kappa shape index (κ3) is 4.24. The van der Waals surface area contributed by atoms with Crippen LogP contribution in [0.2, 0.25) is 5.02 Å². The lowest BCUT2D eigenvalue weighted by molar-refractivity contribution is -0.00238. The van der Waals surface area contributed by atoms with E-state index < -0.39 is 5.60 Å². The fourth-order valence-corrected chi connectivity index (χ4v) is 4.21. The smallest absolute Gasteiger partial charge is 0.410 e. The Morgan fingerprint density at radius 3 is 2.58 bits per heavy atom. The second kappa shape index (κ2) is 6.50. The molecular weight excluding hydrogens is 392 g/mol. The molecule has 4 nitrogen and oxygen atoms in total. The Morgan fingerprint density at radius 1 is 1.29 bits per heavy atom. The molecule has 1 aromatic carbocycles. The highest BCUT2D eigenvalue weighted by Gasteiger charge is 2.52. The summed E-state index contributed by atoms with van der Waals surface area (Å²) in [5.74, 6) is 0. The maximum atomic E-state index is 12.3. The van der Waals surface area contributed by atoms with Gasteiger partial charge >= 0.3 is 6.09 Å². The molecule has 1 aromatic rings. The zero-order valence-electron chi connectivity index (χ0n) is 14.4. The van der Waals surface area contributed by atoms with Gasteiger partial charge in [0.05, 0.1) is 0 Å². The topological polar surface area (TPSA) is 32.8 Å². The Kier molecular flexibility index (Phi) is 4.89. The molecule has 0 unspecified atom stereocenters. The van der Waals surface area contributed by atoms with Crippen molar-refractivity contribution in [1.82, 2.24) is 9.80 Å². The molecule has 0 radical (unpaired) electrons. The average Bonchev–Trinajstić information content (AvgIpc) is 3.18. The van der Waals surface area contributed by atoms with Crippen molar-refractivity contribution in [3.8, 4) is 0 Å². The molecule has 1 saturated carbocycles. The number of halogens is 2. The van der Waals surface area contributed by atoms with Crippen molar-refractivity contribution in [3.05, 3.63) is 33.3 Å². The first-order chi connectivity index (χ1) is 11.2. The lowest BCUT2D eigenvalue weighted by atomic mass is 10.1. The maximum absolute atomic E-state index is 12.3. The molecule has 1 aliphatic heterocycles. The summed E-state index contributed by atoms with van der Waals surface area (Å²) >= 11 is 9.67. The molecule has 1 heterocycles. The molecule has 0 N–H and O–H groups in total. The zero-order valence-corrected chi connectivity index (χ0v) is 16.8. The van der Waals surface area contributed by atoms with E-state index >= 15 is 0 Å². The average molecular weight is 416 g/mol. The fraction of sp³-hybridized carbons (Fsp3) is 0.611. The van der Waals surface area contributed by atoms with Crippen molar-refractivity contribution in [1.29, 1.82) is 0 Å². The standard InChI is InChI=1S/C18H24BrClN2O2/c1-17(2,3)24-16(23)21-6-7-22(18(12-21)4-5-18)11-13-8-14(19)10-15(20)9-13/h8-10H,4-7,11-12H2,1-3H3. The van der Waals surface area contributed by atoms with Crippen LogP contribution >= 0.6 is 27.5 Å². The van der Waals surface area contributed by atoms with Crippen molar-refractivity contribution in [2.45, 2.75) is 51.3 Å². The minimum absolute atomic E-state index is 0.115. The van der Waals surface area contributed by atoms with Gasteiger partial charge in [-0.05, 0) is 57.4 Å². The summed E-state index contributed by atoms with van der Waals surface area (Å²) in [6, 6.07) is 6.03. The van der Waals surface area contributed by atoms with Crippen LogP contribution in [-0.2, 0) is 11.3 Å². The Labute approximate surface area is 157 Å². The number of nitrogens with zero attached hydrogens (tertiary/aromatic N) is 2. The van der Waals surface area contributed by atoms with Crippen molar-refractivity contribution < 1.29 is 9.53 Å². The molecule has 1 amide bonds. The first-order valence-corrected chi connectivity index (χ1v) is 9.52. The van der Waals surface area contributed by atoms with Gasteiger partial charge < -0.3 is 9.64 Å². The summed E-state index contributed by atoms with van der Waals surface area (Å²) in [5, 5.41) is 0.747. The summed E-state index contributed by atoms with van der Waals surface area (Å²) in [6.07, 6.45) is 2.07. The zero-order chi connectivity index (χ0) is 17.5. The lowest BCUT2D eigenvalue weighted by Crippen LogP contribution is -2.56. The Balaban J connectivity index is 1.66. The van der Waals surface area contributed by atoms with Gasteiger partial charge in [-0.3, -0.25) is 4.90 Å². The van der Waals surface area contributed by atoms with Gasteiger partial charge in [-0.1, -0.05) is 27.5 Å². The number of amides is 1. The van der Waals surface area contributed by atoms with E-state index in [1.165, 1.54) is 5.56 Å². The molecule has 6 heteroatoms. The van der Waals surface area contributed by atoms with Crippen molar-refractivity contribution in [2.75, 3.05) is 19.6 Å². The Bertz CT molecular complexity index is 620. The summed E-state index contributed by atoms with van der Waals surface area (Å²) in [5.41, 5.74) is 0.869. The Hall–Kier alpha value is -0.780. The van der Waals surface area contributed by atoms with E-state index in [2.05, 4.69) is 26.9 Å². The quantitative estimate of drug-likeness (QED) is 0.702. The van der Waals surface area contributed by atoms with E-state index in [0.29, 0.717) is 6.54 Å². The van der Waals surface area contributed by atoms with Gasteiger partial charge in [0.15, 0.2) is 0 Å². The number of carbonyl (C=O) groups is 1. The summed E-state index contributed by atoms with van der Waals surface area (Å²) < 4.78 is 6.53. The van der Waals surface area contributed by atoms with Crippen LogP contribution in [0.15, 0.2) is 22.7 Å².